The number of carbonyl (C=O) groups excluding carboxylic acids is 3. The highest BCUT2D eigenvalue weighted by atomic mass is 16.6. The fourth-order valence-electron chi connectivity index (χ4n) is 3.11. The predicted octanol–water partition coefficient (Wildman–Crippen LogP) is 1.83. The number of amides is 2. The molecule has 0 aromatic heterocycles. The highest BCUT2D eigenvalue weighted by molar-refractivity contribution is 6.11. The minimum atomic E-state index is -1.64. The van der Waals surface area contributed by atoms with Crippen molar-refractivity contribution in [2.45, 2.75) is 84.9 Å². The number of likely N-dealkylation sites (tertiary alicyclic amines) is 1. The number of carbonyl (C=O) groups is 3. The van der Waals surface area contributed by atoms with Crippen molar-refractivity contribution < 1.29 is 19.1 Å². The summed E-state index contributed by atoms with van der Waals surface area (Å²) in [5.41, 5.74) is 3.64. The molecule has 0 aromatic carbocycles. The normalized spacial score (nSPS) is 21.5. The summed E-state index contributed by atoms with van der Waals surface area (Å²) in [5.74, 6) is -1.22. The molecule has 1 rings (SSSR count). The Morgan fingerprint density at radius 2 is 1.78 bits per heavy atom. The average molecular weight is 384 g/mol. The molecule has 0 radical (unpaired) electrons. The third kappa shape index (κ3) is 5.67. The quantitative estimate of drug-likeness (QED) is 0.516. The Kier molecular flexibility index (Phi) is 7.84. The van der Waals surface area contributed by atoms with Crippen LogP contribution in [0.2, 0.25) is 0 Å². The van der Waals surface area contributed by atoms with Crippen molar-refractivity contribution in [2.24, 2.45) is 17.6 Å². The lowest BCUT2D eigenvalue weighted by molar-refractivity contribution is -0.175. The first-order chi connectivity index (χ1) is 12.3. The molecule has 2 amide bonds. The van der Waals surface area contributed by atoms with Gasteiger partial charge in [0.2, 0.25) is 11.4 Å². The van der Waals surface area contributed by atoms with Gasteiger partial charge >= 0.3 is 5.97 Å². The van der Waals surface area contributed by atoms with Gasteiger partial charge in [0.15, 0.2) is 0 Å². The smallest absolute Gasteiger partial charge is 0.342 e. The fraction of sp³-hybridized carbons (Fsp3) is 0.850. The van der Waals surface area contributed by atoms with Crippen molar-refractivity contribution in [1.82, 2.24) is 10.2 Å². The van der Waals surface area contributed by atoms with Gasteiger partial charge < -0.3 is 20.7 Å². The summed E-state index contributed by atoms with van der Waals surface area (Å²) >= 11 is 0. The second kappa shape index (κ2) is 9.04. The lowest BCUT2D eigenvalue weighted by Gasteiger charge is -2.38. The summed E-state index contributed by atoms with van der Waals surface area (Å²) in [4.78, 5) is 40.6. The maximum Gasteiger partial charge on any atom is 0.342 e. The van der Waals surface area contributed by atoms with Gasteiger partial charge in [0.1, 0.15) is 5.60 Å². The number of hydrogen-bond donors (Lipinski definition) is 2. The summed E-state index contributed by atoms with van der Waals surface area (Å²) < 4.78 is 5.56. The van der Waals surface area contributed by atoms with E-state index in [1.165, 1.54) is 4.90 Å². The predicted molar refractivity (Wildman–Crippen MR) is 105 cm³/mol. The number of esters is 1. The van der Waals surface area contributed by atoms with E-state index in [1.54, 1.807) is 20.8 Å². The number of hydrogen-bond acceptors (Lipinski definition) is 5. The molecule has 7 heteroatoms. The maximum absolute atomic E-state index is 13.1. The Morgan fingerprint density at radius 3 is 2.26 bits per heavy atom. The second-order valence-corrected chi connectivity index (χ2v) is 9.16. The van der Waals surface area contributed by atoms with E-state index in [-0.39, 0.29) is 18.2 Å². The van der Waals surface area contributed by atoms with Gasteiger partial charge in [0.05, 0.1) is 6.04 Å². The summed E-state index contributed by atoms with van der Waals surface area (Å²) in [6, 6.07) is -0.770. The van der Waals surface area contributed by atoms with Crippen LogP contribution in [0, 0.1) is 11.8 Å². The number of nitrogens with two attached hydrogens (primary N) is 1. The standard InChI is InChI=1S/C20H37N3O4/c1-13(2)9-11-22-17(25)20(18(26)27-19(5,6)7)10-8-12-23(20)16(24)15(21)14(3)4/h13-15H,8-12,21H2,1-7H3,(H,22,25)/t15-,20-/m0/s1. The summed E-state index contributed by atoms with van der Waals surface area (Å²) in [6.45, 7) is 13.8. The first kappa shape index (κ1) is 23.4. The monoisotopic (exact) mass is 383 g/mol. The highest BCUT2D eigenvalue weighted by Crippen LogP contribution is 2.33. The summed E-state index contributed by atoms with van der Waals surface area (Å²) in [7, 11) is 0. The van der Waals surface area contributed by atoms with Gasteiger partial charge in [0, 0.05) is 13.1 Å². The molecule has 7 nitrogen and oxygen atoms in total. The largest absolute Gasteiger partial charge is 0.458 e. The van der Waals surface area contributed by atoms with Crippen molar-refractivity contribution in [3.63, 3.8) is 0 Å². The highest BCUT2D eigenvalue weighted by Gasteiger charge is 2.58. The molecule has 0 aliphatic carbocycles. The van der Waals surface area contributed by atoms with Crippen LogP contribution in [0.15, 0.2) is 0 Å². The molecular formula is C20H37N3O4. The topological polar surface area (TPSA) is 102 Å². The lowest BCUT2D eigenvalue weighted by Crippen LogP contribution is -2.66. The Morgan fingerprint density at radius 1 is 1.19 bits per heavy atom. The average Bonchev–Trinajstić information content (AvgIpc) is 2.97. The zero-order valence-electron chi connectivity index (χ0n) is 17.9. The van der Waals surface area contributed by atoms with Crippen molar-refractivity contribution in [3.8, 4) is 0 Å². The fourth-order valence-corrected chi connectivity index (χ4v) is 3.11. The van der Waals surface area contributed by atoms with E-state index in [2.05, 4.69) is 19.2 Å². The van der Waals surface area contributed by atoms with E-state index in [9.17, 15) is 14.4 Å². The van der Waals surface area contributed by atoms with Crippen LogP contribution in [-0.2, 0) is 19.1 Å². The molecule has 27 heavy (non-hydrogen) atoms. The van der Waals surface area contributed by atoms with Gasteiger partial charge in [-0.25, -0.2) is 4.79 Å². The Labute approximate surface area is 163 Å². The van der Waals surface area contributed by atoms with Gasteiger partial charge in [-0.1, -0.05) is 27.7 Å². The van der Waals surface area contributed by atoms with Gasteiger partial charge in [0.25, 0.3) is 5.91 Å². The molecule has 1 aliphatic rings. The maximum atomic E-state index is 13.1. The molecule has 1 fully saturated rings. The molecule has 2 atom stereocenters. The van der Waals surface area contributed by atoms with E-state index in [1.807, 2.05) is 13.8 Å². The molecule has 156 valence electrons. The van der Waals surface area contributed by atoms with Gasteiger partial charge in [-0.2, -0.15) is 0 Å². The van der Waals surface area contributed by atoms with E-state index >= 15 is 0 Å². The van der Waals surface area contributed by atoms with Gasteiger partial charge in [-0.15, -0.1) is 0 Å². The van der Waals surface area contributed by atoms with Crippen LogP contribution in [0.3, 0.4) is 0 Å². The van der Waals surface area contributed by atoms with Gasteiger partial charge in [-0.05, 0) is 51.9 Å². The first-order valence-corrected chi connectivity index (χ1v) is 9.91. The molecule has 0 spiro atoms. The Hall–Kier alpha value is -1.63. The molecule has 1 aliphatic heterocycles. The molecule has 0 saturated carbocycles. The minimum absolute atomic E-state index is 0.0987. The summed E-state index contributed by atoms with van der Waals surface area (Å²) in [6.07, 6.45) is 1.58. The Balaban J connectivity index is 3.21. The zero-order chi connectivity index (χ0) is 21.0. The second-order valence-electron chi connectivity index (χ2n) is 9.16. The Bertz CT molecular complexity index is 554. The van der Waals surface area contributed by atoms with Crippen LogP contribution in [-0.4, -0.2) is 53.0 Å². The van der Waals surface area contributed by atoms with Crippen molar-refractivity contribution in [2.75, 3.05) is 13.1 Å². The van der Waals surface area contributed by atoms with Crippen LogP contribution >= 0.6 is 0 Å². The van der Waals surface area contributed by atoms with Gasteiger partial charge in [-0.3, -0.25) is 9.59 Å². The number of rotatable bonds is 7. The van der Waals surface area contributed by atoms with Crippen LogP contribution in [0.1, 0.15) is 67.7 Å². The zero-order valence-corrected chi connectivity index (χ0v) is 17.9. The molecule has 0 unspecified atom stereocenters. The number of nitrogens with one attached hydrogen (secondary N) is 1. The lowest BCUT2D eigenvalue weighted by atomic mass is 9.92. The van der Waals surface area contributed by atoms with E-state index in [4.69, 9.17) is 10.5 Å². The van der Waals surface area contributed by atoms with Crippen LogP contribution in [0.5, 0.6) is 0 Å². The van der Waals surface area contributed by atoms with Crippen LogP contribution in [0.25, 0.3) is 0 Å². The van der Waals surface area contributed by atoms with Crippen LogP contribution in [0.4, 0.5) is 0 Å². The molecule has 3 N–H and O–H groups in total. The van der Waals surface area contributed by atoms with Crippen molar-refractivity contribution in [3.05, 3.63) is 0 Å². The first-order valence-electron chi connectivity index (χ1n) is 9.91. The minimum Gasteiger partial charge on any atom is -0.458 e. The number of ether oxygens (including phenoxy) is 1. The van der Waals surface area contributed by atoms with Crippen LogP contribution < -0.4 is 11.1 Å². The van der Waals surface area contributed by atoms with E-state index in [0.717, 1.165) is 6.42 Å². The molecular weight excluding hydrogens is 346 g/mol. The molecule has 0 aromatic rings. The van der Waals surface area contributed by atoms with E-state index in [0.29, 0.717) is 25.4 Å². The third-order valence-corrected chi connectivity index (χ3v) is 4.77. The van der Waals surface area contributed by atoms with Crippen molar-refractivity contribution in [1.29, 1.82) is 0 Å². The summed E-state index contributed by atoms with van der Waals surface area (Å²) in [5, 5.41) is 2.84. The van der Waals surface area contributed by atoms with E-state index < -0.39 is 29.1 Å². The SMILES string of the molecule is CC(C)CCNC(=O)[C@]1(C(=O)OC(C)(C)C)CCCN1C(=O)[C@@H](N)C(C)C. The number of nitrogens with zero attached hydrogens (tertiary/aromatic N) is 1. The molecule has 1 saturated heterocycles. The third-order valence-electron chi connectivity index (χ3n) is 4.77. The van der Waals surface area contributed by atoms with Crippen molar-refractivity contribution >= 4 is 17.8 Å². The molecule has 1 heterocycles. The molecule has 0 bridgehead atoms.